The smallest absolute Gasteiger partial charge is 0.250 e. The zero-order valence-electron chi connectivity index (χ0n) is 11.0. The molecule has 5 heteroatoms. The van der Waals surface area contributed by atoms with E-state index in [4.69, 9.17) is 11.5 Å². The number of aliphatic hydroxyl groups excluding tert-OH is 1. The van der Waals surface area contributed by atoms with Crippen LogP contribution in [0.1, 0.15) is 36.0 Å². The lowest BCUT2D eigenvalue weighted by Gasteiger charge is -2.31. The minimum atomic E-state index is -0.519. The van der Waals surface area contributed by atoms with Crippen LogP contribution >= 0.6 is 0 Å². The molecule has 1 aliphatic heterocycles. The third-order valence-corrected chi connectivity index (χ3v) is 3.72. The Hall–Kier alpha value is -1.75. The average molecular weight is 263 g/mol. The van der Waals surface area contributed by atoms with Gasteiger partial charge in [-0.15, -0.1) is 0 Å². The van der Waals surface area contributed by atoms with Crippen LogP contribution in [0.3, 0.4) is 0 Å². The molecule has 0 radical (unpaired) electrons. The van der Waals surface area contributed by atoms with Crippen molar-refractivity contribution in [3.63, 3.8) is 0 Å². The summed E-state index contributed by atoms with van der Waals surface area (Å²) in [7, 11) is 0. The number of amides is 1. The molecule has 0 saturated carbocycles. The van der Waals surface area contributed by atoms with E-state index in [1.165, 1.54) is 6.42 Å². The number of carbonyl (C=O) groups excluding carboxylic acids is 1. The Morgan fingerprint density at radius 2 is 2.16 bits per heavy atom. The third kappa shape index (κ3) is 2.98. The van der Waals surface area contributed by atoms with Crippen molar-refractivity contribution < 1.29 is 9.90 Å². The van der Waals surface area contributed by atoms with E-state index < -0.39 is 5.91 Å². The van der Waals surface area contributed by atoms with E-state index >= 15 is 0 Å². The Bertz CT molecular complexity index is 462. The summed E-state index contributed by atoms with van der Waals surface area (Å²) in [6.45, 7) is 1.00. The van der Waals surface area contributed by atoms with Gasteiger partial charge in [-0.3, -0.25) is 4.79 Å². The van der Waals surface area contributed by atoms with E-state index in [9.17, 15) is 9.90 Å². The van der Waals surface area contributed by atoms with Gasteiger partial charge in [0.05, 0.1) is 18.2 Å². The number of benzene rings is 1. The molecule has 1 amide bonds. The van der Waals surface area contributed by atoms with Gasteiger partial charge >= 0.3 is 0 Å². The van der Waals surface area contributed by atoms with Gasteiger partial charge < -0.3 is 21.5 Å². The van der Waals surface area contributed by atoms with Crippen LogP contribution < -0.4 is 16.4 Å². The van der Waals surface area contributed by atoms with Crippen molar-refractivity contribution in [2.75, 3.05) is 23.8 Å². The summed E-state index contributed by atoms with van der Waals surface area (Å²) >= 11 is 0. The second-order valence-corrected chi connectivity index (χ2v) is 5.01. The molecule has 104 valence electrons. The molecule has 1 fully saturated rings. The molecule has 1 saturated heterocycles. The first-order valence-corrected chi connectivity index (χ1v) is 6.70. The number of nitrogen functional groups attached to an aromatic ring is 1. The second kappa shape index (κ2) is 5.93. The first kappa shape index (κ1) is 13.7. The summed E-state index contributed by atoms with van der Waals surface area (Å²) in [5, 5.41) is 9.52. The van der Waals surface area contributed by atoms with Crippen molar-refractivity contribution in [1.82, 2.24) is 0 Å². The molecule has 0 spiro atoms. The maximum Gasteiger partial charge on any atom is 0.250 e. The van der Waals surface area contributed by atoms with Gasteiger partial charge in [0.25, 0.3) is 5.91 Å². The molecule has 1 heterocycles. The first-order chi connectivity index (χ1) is 9.13. The first-order valence-electron chi connectivity index (χ1n) is 6.70. The number of hydrogen-bond acceptors (Lipinski definition) is 4. The highest BCUT2D eigenvalue weighted by Crippen LogP contribution is 2.27. The maximum absolute atomic E-state index is 11.4. The lowest BCUT2D eigenvalue weighted by molar-refractivity contribution is 0.100. The van der Waals surface area contributed by atoms with Crippen LogP contribution in [0.2, 0.25) is 0 Å². The summed E-state index contributed by atoms with van der Waals surface area (Å²) in [4.78, 5) is 13.5. The van der Waals surface area contributed by atoms with Crippen molar-refractivity contribution in [2.24, 2.45) is 5.73 Å². The highest BCUT2D eigenvalue weighted by atomic mass is 16.3. The monoisotopic (exact) mass is 263 g/mol. The zero-order chi connectivity index (χ0) is 13.8. The lowest BCUT2D eigenvalue weighted by atomic mass is 10.1. The molecule has 5 nitrogen and oxygen atoms in total. The Kier molecular flexibility index (Phi) is 4.27. The van der Waals surface area contributed by atoms with Gasteiger partial charge in [0.15, 0.2) is 0 Å². The second-order valence-electron chi connectivity index (χ2n) is 5.01. The number of anilines is 2. The Morgan fingerprint density at radius 3 is 2.84 bits per heavy atom. The minimum absolute atomic E-state index is 0.104. The van der Waals surface area contributed by atoms with E-state index in [2.05, 4.69) is 4.90 Å². The Balaban J connectivity index is 2.33. The molecule has 0 aromatic heterocycles. The molecule has 1 aromatic rings. The van der Waals surface area contributed by atoms with Crippen molar-refractivity contribution >= 4 is 17.3 Å². The zero-order valence-corrected chi connectivity index (χ0v) is 11.0. The predicted octanol–water partition coefficient (Wildman–Crippen LogP) is 1.11. The van der Waals surface area contributed by atoms with Crippen LogP contribution in [-0.4, -0.2) is 30.2 Å². The van der Waals surface area contributed by atoms with Gasteiger partial charge in [0.1, 0.15) is 0 Å². The molecule has 19 heavy (non-hydrogen) atoms. The summed E-state index contributed by atoms with van der Waals surface area (Å²) in [5.74, 6) is -0.519. The Labute approximate surface area is 113 Å². The van der Waals surface area contributed by atoms with Crippen LogP contribution in [-0.2, 0) is 0 Å². The number of hydrogen-bond donors (Lipinski definition) is 3. The van der Waals surface area contributed by atoms with E-state index in [-0.39, 0.29) is 12.6 Å². The molecule has 5 N–H and O–H groups in total. The van der Waals surface area contributed by atoms with Gasteiger partial charge in [-0.05, 0) is 31.0 Å². The predicted molar refractivity (Wildman–Crippen MR) is 76.1 cm³/mol. The van der Waals surface area contributed by atoms with Crippen molar-refractivity contribution in [3.8, 4) is 0 Å². The topological polar surface area (TPSA) is 92.6 Å². The fraction of sp³-hybridized carbons (Fsp3) is 0.500. The quantitative estimate of drug-likeness (QED) is 0.712. The van der Waals surface area contributed by atoms with Crippen molar-refractivity contribution in [1.29, 1.82) is 0 Å². The van der Waals surface area contributed by atoms with Gasteiger partial charge in [0.2, 0.25) is 0 Å². The normalized spacial score (nSPS) is 20.1. The lowest BCUT2D eigenvalue weighted by Crippen LogP contribution is -2.37. The molecular formula is C14H21N3O2. The summed E-state index contributed by atoms with van der Waals surface area (Å²) in [5.41, 5.74) is 12.7. The van der Waals surface area contributed by atoms with Gasteiger partial charge in [-0.1, -0.05) is 12.8 Å². The van der Waals surface area contributed by atoms with E-state index in [0.717, 1.165) is 31.5 Å². The van der Waals surface area contributed by atoms with Crippen LogP contribution in [0, 0.1) is 0 Å². The molecule has 1 unspecified atom stereocenters. The molecule has 0 aliphatic carbocycles. The number of primary amides is 1. The number of rotatable bonds is 3. The molecule has 2 rings (SSSR count). The van der Waals surface area contributed by atoms with Crippen molar-refractivity contribution in [2.45, 2.75) is 31.7 Å². The summed E-state index contributed by atoms with van der Waals surface area (Å²) < 4.78 is 0. The van der Waals surface area contributed by atoms with Crippen LogP contribution in [0.5, 0.6) is 0 Å². The number of nitrogens with zero attached hydrogens (tertiary/aromatic N) is 1. The van der Waals surface area contributed by atoms with Crippen LogP contribution in [0.4, 0.5) is 11.4 Å². The third-order valence-electron chi connectivity index (χ3n) is 3.72. The fourth-order valence-corrected chi connectivity index (χ4v) is 2.64. The molecule has 0 bridgehead atoms. The molecular weight excluding hydrogens is 242 g/mol. The summed E-state index contributed by atoms with van der Waals surface area (Å²) in [6.07, 6.45) is 4.35. The van der Waals surface area contributed by atoms with Crippen molar-refractivity contribution in [3.05, 3.63) is 23.8 Å². The summed E-state index contributed by atoms with van der Waals surface area (Å²) in [6, 6.07) is 5.42. The largest absolute Gasteiger partial charge is 0.398 e. The standard InChI is InChI=1S/C14H21N3O2/c15-13-6-5-10(8-12(13)14(16)19)17-7-3-1-2-4-11(17)9-18/h5-6,8,11,18H,1-4,7,9,15H2,(H2,16,19). The maximum atomic E-state index is 11.4. The van der Waals surface area contributed by atoms with Crippen LogP contribution in [0.25, 0.3) is 0 Å². The Morgan fingerprint density at radius 1 is 1.37 bits per heavy atom. The van der Waals surface area contributed by atoms with E-state index in [0.29, 0.717) is 11.3 Å². The number of nitrogens with two attached hydrogens (primary N) is 2. The molecule has 1 atom stereocenters. The molecule has 1 aliphatic rings. The fourth-order valence-electron chi connectivity index (χ4n) is 2.64. The highest BCUT2D eigenvalue weighted by molar-refractivity contribution is 5.99. The highest BCUT2D eigenvalue weighted by Gasteiger charge is 2.21. The van der Waals surface area contributed by atoms with E-state index in [1.54, 1.807) is 12.1 Å². The molecule has 1 aromatic carbocycles. The minimum Gasteiger partial charge on any atom is -0.398 e. The van der Waals surface area contributed by atoms with Crippen LogP contribution in [0.15, 0.2) is 18.2 Å². The SMILES string of the molecule is NC(=O)c1cc(N2CCCCCC2CO)ccc1N. The van der Waals surface area contributed by atoms with Gasteiger partial charge in [-0.2, -0.15) is 0 Å². The van der Waals surface area contributed by atoms with Gasteiger partial charge in [-0.25, -0.2) is 0 Å². The average Bonchev–Trinajstić information content (AvgIpc) is 2.64. The number of aliphatic hydroxyl groups is 1. The van der Waals surface area contributed by atoms with E-state index in [1.807, 2.05) is 6.07 Å². The number of carbonyl (C=O) groups is 1. The van der Waals surface area contributed by atoms with Gasteiger partial charge in [0, 0.05) is 17.9 Å².